The van der Waals surface area contributed by atoms with Crippen molar-refractivity contribution in [1.82, 2.24) is 14.8 Å². The van der Waals surface area contributed by atoms with Gasteiger partial charge in [0.15, 0.2) is 11.0 Å². The quantitative estimate of drug-likeness (QED) is 0.721. The monoisotopic (exact) mass is 308 g/mol. The van der Waals surface area contributed by atoms with Crippen LogP contribution in [0.2, 0.25) is 0 Å². The number of aryl methyl sites for hydroxylation is 1. The molecule has 0 saturated heterocycles. The van der Waals surface area contributed by atoms with E-state index in [1.807, 2.05) is 6.07 Å². The van der Waals surface area contributed by atoms with Crippen molar-refractivity contribution in [2.45, 2.75) is 18.7 Å². The molecular formula is C17H16N4S. The lowest BCUT2D eigenvalue weighted by Gasteiger charge is -2.29. The fraction of sp³-hybridized carbons (Fsp3) is 0.176. The van der Waals surface area contributed by atoms with E-state index < -0.39 is 0 Å². The number of hydrogen-bond acceptors (Lipinski definition) is 4. The average Bonchev–Trinajstić information content (AvgIpc) is 2.99. The van der Waals surface area contributed by atoms with Crippen molar-refractivity contribution in [3.05, 3.63) is 60.2 Å². The van der Waals surface area contributed by atoms with Gasteiger partial charge in [-0.1, -0.05) is 54.2 Å². The van der Waals surface area contributed by atoms with E-state index in [0.29, 0.717) is 0 Å². The number of para-hydroxylation sites is 1. The molecule has 4 nitrogen and oxygen atoms in total. The highest BCUT2D eigenvalue weighted by Crippen LogP contribution is 2.32. The largest absolute Gasteiger partial charge is 0.344 e. The van der Waals surface area contributed by atoms with Gasteiger partial charge in [0.2, 0.25) is 0 Å². The topological polar surface area (TPSA) is 34.0 Å². The molecule has 0 amide bonds. The molecule has 2 heterocycles. The third-order valence-electron chi connectivity index (χ3n) is 3.89. The molecule has 5 heteroatoms. The molecular weight excluding hydrogens is 292 g/mol. The Balaban J connectivity index is 1.73. The number of rotatable bonds is 2. The van der Waals surface area contributed by atoms with Crippen molar-refractivity contribution in [2.24, 2.45) is 0 Å². The van der Waals surface area contributed by atoms with Crippen molar-refractivity contribution in [3.8, 4) is 11.4 Å². The molecule has 3 aromatic rings. The van der Waals surface area contributed by atoms with Crippen LogP contribution in [0.3, 0.4) is 0 Å². The van der Waals surface area contributed by atoms with Crippen molar-refractivity contribution in [1.29, 1.82) is 0 Å². The van der Waals surface area contributed by atoms with Crippen molar-refractivity contribution < 1.29 is 0 Å². The molecule has 1 aliphatic rings. The van der Waals surface area contributed by atoms with E-state index >= 15 is 0 Å². The first-order valence-electron chi connectivity index (χ1n) is 7.25. The van der Waals surface area contributed by atoms with Crippen LogP contribution in [0.4, 0.5) is 5.69 Å². The molecule has 0 aliphatic carbocycles. The van der Waals surface area contributed by atoms with Crippen LogP contribution in [0, 0.1) is 6.92 Å². The van der Waals surface area contributed by atoms with E-state index in [9.17, 15) is 0 Å². The number of thioether (sulfide) groups is 1. The molecule has 0 unspecified atom stereocenters. The first kappa shape index (κ1) is 13.4. The summed E-state index contributed by atoms with van der Waals surface area (Å²) in [5.74, 6) is 1.84. The van der Waals surface area contributed by atoms with Crippen LogP contribution in [-0.2, 0) is 6.67 Å². The summed E-state index contributed by atoms with van der Waals surface area (Å²) in [4.78, 5) is 2.34. The number of hydrogen-bond donors (Lipinski definition) is 0. The Bertz CT molecular complexity index is 797. The lowest BCUT2D eigenvalue weighted by Crippen LogP contribution is -2.30. The zero-order valence-electron chi connectivity index (χ0n) is 12.3. The third-order valence-corrected chi connectivity index (χ3v) is 4.89. The van der Waals surface area contributed by atoms with Gasteiger partial charge >= 0.3 is 0 Å². The molecule has 4 rings (SSSR count). The molecule has 0 radical (unpaired) electrons. The van der Waals surface area contributed by atoms with Gasteiger partial charge in [0.05, 0.1) is 12.5 Å². The van der Waals surface area contributed by atoms with E-state index in [0.717, 1.165) is 29.1 Å². The van der Waals surface area contributed by atoms with Crippen LogP contribution in [-0.4, -0.2) is 20.6 Å². The van der Waals surface area contributed by atoms with Crippen molar-refractivity contribution >= 4 is 17.4 Å². The summed E-state index contributed by atoms with van der Waals surface area (Å²) in [7, 11) is 0. The maximum atomic E-state index is 4.42. The molecule has 1 aromatic heterocycles. The summed E-state index contributed by atoms with van der Waals surface area (Å²) in [5.41, 5.74) is 3.60. The first-order chi connectivity index (χ1) is 10.8. The number of anilines is 1. The van der Waals surface area contributed by atoms with Gasteiger partial charge in [-0.05, 0) is 24.6 Å². The Kier molecular flexibility index (Phi) is 3.35. The summed E-state index contributed by atoms with van der Waals surface area (Å²) in [5, 5.41) is 9.77. The van der Waals surface area contributed by atoms with Gasteiger partial charge < -0.3 is 4.90 Å². The van der Waals surface area contributed by atoms with Gasteiger partial charge in [-0.2, -0.15) is 0 Å². The van der Waals surface area contributed by atoms with Crippen LogP contribution in [0.5, 0.6) is 0 Å². The van der Waals surface area contributed by atoms with Gasteiger partial charge in [0, 0.05) is 11.3 Å². The summed E-state index contributed by atoms with van der Waals surface area (Å²) < 4.78 is 2.20. The maximum absolute atomic E-state index is 4.42. The van der Waals surface area contributed by atoms with Gasteiger partial charge in [-0.15, -0.1) is 10.2 Å². The Morgan fingerprint density at radius 2 is 1.73 bits per heavy atom. The summed E-state index contributed by atoms with van der Waals surface area (Å²) >= 11 is 1.73. The highest BCUT2D eigenvalue weighted by molar-refractivity contribution is 7.99. The second-order valence-electron chi connectivity index (χ2n) is 5.34. The molecule has 0 bridgehead atoms. The maximum Gasteiger partial charge on any atom is 0.194 e. The van der Waals surface area contributed by atoms with E-state index in [2.05, 4.69) is 75.1 Å². The Morgan fingerprint density at radius 1 is 0.955 bits per heavy atom. The van der Waals surface area contributed by atoms with E-state index in [4.69, 9.17) is 0 Å². The molecule has 110 valence electrons. The van der Waals surface area contributed by atoms with Crippen LogP contribution in [0.15, 0.2) is 59.8 Å². The Hall–Kier alpha value is -2.27. The van der Waals surface area contributed by atoms with Crippen molar-refractivity contribution in [2.75, 3.05) is 10.8 Å². The lowest BCUT2D eigenvalue weighted by atomic mass is 10.1. The predicted octanol–water partition coefficient (Wildman–Crippen LogP) is 3.78. The molecule has 2 aromatic carbocycles. The van der Waals surface area contributed by atoms with Crippen molar-refractivity contribution in [3.63, 3.8) is 0 Å². The molecule has 0 atom stereocenters. The molecule has 0 fully saturated rings. The molecule has 22 heavy (non-hydrogen) atoms. The van der Waals surface area contributed by atoms with E-state index in [1.165, 1.54) is 11.3 Å². The standard InChI is InChI=1S/C17H16N4S/c1-13-7-5-6-10-15(13)16-18-19-17-21(16)11-20(12-22-17)14-8-3-2-4-9-14/h2-10H,11-12H2,1H3. The molecule has 1 aliphatic heterocycles. The minimum absolute atomic E-state index is 0.781. The highest BCUT2D eigenvalue weighted by Gasteiger charge is 2.23. The minimum atomic E-state index is 0.781. The molecule has 0 N–H and O–H groups in total. The fourth-order valence-corrected chi connectivity index (χ4v) is 3.59. The minimum Gasteiger partial charge on any atom is -0.344 e. The van der Waals surface area contributed by atoms with Gasteiger partial charge in [-0.3, -0.25) is 4.57 Å². The van der Waals surface area contributed by atoms with Crippen LogP contribution in [0.25, 0.3) is 11.4 Å². The van der Waals surface area contributed by atoms with Gasteiger partial charge in [0.1, 0.15) is 0 Å². The zero-order chi connectivity index (χ0) is 14.9. The number of nitrogens with zero attached hydrogens (tertiary/aromatic N) is 4. The van der Waals surface area contributed by atoms with E-state index in [-0.39, 0.29) is 0 Å². The zero-order valence-corrected chi connectivity index (χ0v) is 13.1. The molecule has 0 spiro atoms. The smallest absolute Gasteiger partial charge is 0.194 e. The second-order valence-corrected chi connectivity index (χ2v) is 6.25. The summed E-state index contributed by atoms with van der Waals surface area (Å²) in [6.45, 7) is 2.89. The van der Waals surface area contributed by atoms with E-state index in [1.54, 1.807) is 11.8 Å². The van der Waals surface area contributed by atoms with Crippen LogP contribution >= 0.6 is 11.8 Å². The van der Waals surface area contributed by atoms with Gasteiger partial charge in [-0.25, -0.2) is 0 Å². The van der Waals surface area contributed by atoms with Crippen LogP contribution in [0.1, 0.15) is 5.56 Å². The van der Waals surface area contributed by atoms with Gasteiger partial charge in [0.25, 0.3) is 0 Å². The highest BCUT2D eigenvalue weighted by atomic mass is 32.2. The third kappa shape index (κ3) is 2.27. The SMILES string of the molecule is Cc1ccccc1-c1nnc2n1CN(c1ccccc1)CS2. The fourth-order valence-electron chi connectivity index (χ4n) is 2.69. The first-order valence-corrected chi connectivity index (χ1v) is 8.23. The molecule has 0 saturated carbocycles. The summed E-state index contributed by atoms with van der Waals surface area (Å²) in [6, 6.07) is 18.8. The summed E-state index contributed by atoms with van der Waals surface area (Å²) in [6.07, 6.45) is 0. The normalized spacial score (nSPS) is 14.0. The predicted molar refractivity (Wildman–Crippen MR) is 89.8 cm³/mol. The number of benzene rings is 2. The number of aromatic nitrogens is 3. The average molecular weight is 308 g/mol. The van der Waals surface area contributed by atoms with Crippen LogP contribution < -0.4 is 4.90 Å². The Labute approximate surface area is 133 Å². The second kappa shape index (κ2) is 5.50. The number of fused-ring (bicyclic) bond motifs is 1. The Morgan fingerprint density at radius 3 is 2.55 bits per heavy atom. The lowest BCUT2D eigenvalue weighted by molar-refractivity contribution is 0.608.